The Morgan fingerprint density at radius 3 is 2.07 bits per heavy atom. The molecule has 0 atom stereocenters. The van der Waals surface area contributed by atoms with Crippen LogP contribution in [0.15, 0.2) is 0 Å². The lowest BCUT2D eigenvalue weighted by Crippen LogP contribution is -2.60. The third kappa shape index (κ3) is 4.37. The lowest BCUT2D eigenvalue weighted by molar-refractivity contribution is -0.485. The number of methoxy groups -OCH3 is 1. The van der Waals surface area contributed by atoms with Gasteiger partial charge in [-0.3, -0.25) is 0 Å². The van der Waals surface area contributed by atoms with Crippen LogP contribution in [0.25, 0.3) is 0 Å². The van der Waals surface area contributed by atoms with Gasteiger partial charge >= 0.3 is 0 Å². The average Bonchev–Trinajstić information content (AvgIpc) is 2.61. The average molecular weight is 382 g/mol. The van der Waals surface area contributed by atoms with E-state index in [4.69, 9.17) is 14.5 Å². The Morgan fingerprint density at radius 1 is 0.963 bits per heavy atom. The molecule has 0 amide bonds. The summed E-state index contributed by atoms with van der Waals surface area (Å²) in [6.07, 6.45) is 11.1. The molecule has 0 heterocycles. The van der Waals surface area contributed by atoms with Crippen LogP contribution in [0.1, 0.15) is 71.6 Å². The zero-order chi connectivity index (χ0) is 19.1. The predicted octanol–water partition coefficient (Wildman–Crippen LogP) is 3.65. The van der Waals surface area contributed by atoms with Crippen molar-refractivity contribution in [3.63, 3.8) is 0 Å². The molecule has 5 nitrogen and oxygen atoms in total. The molecule has 0 radical (unpaired) electrons. The van der Waals surface area contributed by atoms with E-state index in [1.807, 2.05) is 21.0 Å². The summed E-state index contributed by atoms with van der Waals surface area (Å²) in [6, 6.07) is 0. The minimum atomic E-state index is -0.638. The van der Waals surface area contributed by atoms with Gasteiger partial charge in [0.15, 0.2) is 0 Å². The Morgan fingerprint density at radius 2 is 1.56 bits per heavy atom. The minimum absolute atomic E-state index is 0.194. The molecule has 156 valence electrons. The monoisotopic (exact) mass is 381 g/mol. The van der Waals surface area contributed by atoms with Crippen LogP contribution in [-0.2, 0) is 14.5 Å². The van der Waals surface area contributed by atoms with E-state index in [1.54, 1.807) is 0 Å². The number of rotatable bonds is 8. The number of hydrogen-bond donors (Lipinski definition) is 2. The molecule has 27 heavy (non-hydrogen) atoms. The summed E-state index contributed by atoms with van der Waals surface area (Å²) in [4.78, 5) is 12.2. The largest absolute Gasteiger partial charge is 0.389 e. The van der Waals surface area contributed by atoms with Gasteiger partial charge in [0.1, 0.15) is 0 Å². The molecule has 5 saturated carbocycles. The highest BCUT2D eigenvalue weighted by Crippen LogP contribution is 2.60. The molecule has 5 aliphatic carbocycles. The summed E-state index contributed by atoms with van der Waals surface area (Å²) >= 11 is 0. The number of aliphatic hydroxyl groups is 1. The number of hydrogen-bond acceptors (Lipinski definition) is 5. The van der Waals surface area contributed by atoms with Crippen LogP contribution in [0.3, 0.4) is 0 Å². The fourth-order valence-electron chi connectivity index (χ4n) is 6.50. The number of nitrogens with one attached hydrogen (secondary N) is 1. The van der Waals surface area contributed by atoms with Gasteiger partial charge in [0.2, 0.25) is 5.79 Å². The van der Waals surface area contributed by atoms with E-state index < -0.39 is 11.4 Å². The normalized spacial score (nSPS) is 44.0. The molecule has 0 aromatic rings. The van der Waals surface area contributed by atoms with Crippen molar-refractivity contribution in [2.45, 2.75) is 89.1 Å². The van der Waals surface area contributed by atoms with E-state index in [-0.39, 0.29) is 6.10 Å². The first-order chi connectivity index (χ1) is 12.9. The molecule has 0 unspecified atom stereocenters. The quantitative estimate of drug-likeness (QED) is 0.382. The van der Waals surface area contributed by atoms with Gasteiger partial charge in [-0.1, -0.05) is 0 Å². The molecular formula is C22H39NO4. The SMILES string of the molecule is COC1(OO[C@H]2CC[C@@H](CNCC(C)(C)O)CC2)C2CC3CC(C2)CC1C3. The minimum Gasteiger partial charge on any atom is -0.389 e. The van der Waals surface area contributed by atoms with Gasteiger partial charge in [-0.25, -0.2) is 9.78 Å². The maximum atomic E-state index is 9.81. The Bertz CT molecular complexity index is 467. The fraction of sp³-hybridized carbons (Fsp3) is 1.00. The van der Waals surface area contributed by atoms with Crippen molar-refractivity contribution in [1.29, 1.82) is 0 Å². The molecule has 0 aromatic carbocycles. The second-order valence-corrected chi connectivity index (χ2v) is 10.5. The summed E-state index contributed by atoms with van der Waals surface area (Å²) in [5, 5.41) is 13.2. The van der Waals surface area contributed by atoms with Crippen LogP contribution in [0, 0.1) is 29.6 Å². The highest BCUT2D eigenvalue weighted by atomic mass is 17.2. The molecule has 5 aliphatic rings. The van der Waals surface area contributed by atoms with Crippen LogP contribution >= 0.6 is 0 Å². The topological polar surface area (TPSA) is 60.0 Å². The molecule has 0 saturated heterocycles. The maximum absolute atomic E-state index is 9.81. The summed E-state index contributed by atoms with van der Waals surface area (Å²) in [6.45, 7) is 5.32. The van der Waals surface area contributed by atoms with Gasteiger partial charge in [0.05, 0.1) is 11.7 Å². The Balaban J connectivity index is 1.23. The Labute approximate surface area is 164 Å². The molecule has 0 aliphatic heterocycles. The second-order valence-electron chi connectivity index (χ2n) is 10.5. The number of ether oxygens (including phenoxy) is 1. The predicted molar refractivity (Wildman–Crippen MR) is 104 cm³/mol. The third-order valence-electron chi connectivity index (χ3n) is 7.69. The highest BCUT2D eigenvalue weighted by molar-refractivity contribution is 5.03. The van der Waals surface area contributed by atoms with Crippen LogP contribution in [0.5, 0.6) is 0 Å². The van der Waals surface area contributed by atoms with Crippen molar-refractivity contribution in [3.05, 3.63) is 0 Å². The van der Waals surface area contributed by atoms with Crippen LogP contribution in [0.4, 0.5) is 0 Å². The van der Waals surface area contributed by atoms with E-state index in [9.17, 15) is 5.11 Å². The molecule has 4 bridgehead atoms. The molecule has 5 heteroatoms. The van der Waals surface area contributed by atoms with Crippen molar-refractivity contribution < 1.29 is 19.6 Å². The zero-order valence-electron chi connectivity index (χ0n) is 17.4. The van der Waals surface area contributed by atoms with Gasteiger partial charge in [0, 0.05) is 25.5 Å². The summed E-state index contributed by atoms with van der Waals surface area (Å²) in [5.74, 6) is 3.00. The van der Waals surface area contributed by atoms with Crippen molar-refractivity contribution in [1.82, 2.24) is 5.32 Å². The fourth-order valence-corrected chi connectivity index (χ4v) is 6.50. The van der Waals surface area contributed by atoms with Crippen molar-refractivity contribution >= 4 is 0 Å². The van der Waals surface area contributed by atoms with E-state index in [0.717, 1.165) is 44.1 Å². The van der Waals surface area contributed by atoms with Gasteiger partial charge in [-0.05, 0) is 95.9 Å². The molecule has 0 aromatic heterocycles. The van der Waals surface area contributed by atoms with E-state index in [2.05, 4.69) is 5.32 Å². The van der Waals surface area contributed by atoms with Gasteiger partial charge in [-0.15, -0.1) is 0 Å². The van der Waals surface area contributed by atoms with Gasteiger partial charge < -0.3 is 15.2 Å². The highest BCUT2D eigenvalue weighted by Gasteiger charge is 2.60. The third-order valence-corrected chi connectivity index (χ3v) is 7.69. The smallest absolute Gasteiger partial charge is 0.207 e. The Hall–Kier alpha value is -0.200. The van der Waals surface area contributed by atoms with Crippen molar-refractivity contribution in [2.75, 3.05) is 20.2 Å². The first-order valence-electron chi connectivity index (χ1n) is 11.2. The molecule has 5 rings (SSSR count). The molecular weight excluding hydrogens is 342 g/mol. The first-order valence-corrected chi connectivity index (χ1v) is 11.2. The molecule has 0 spiro atoms. The molecule has 5 fully saturated rings. The van der Waals surface area contributed by atoms with E-state index >= 15 is 0 Å². The van der Waals surface area contributed by atoms with E-state index in [0.29, 0.717) is 24.3 Å². The maximum Gasteiger partial charge on any atom is 0.207 e. The van der Waals surface area contributed by atoms with Crippen molar-refractivity contribution in [3.8, 4) is 0 Å². The van der Waals surface area contributed by atoms with Crippen LogP contribution in [0.2, 0.25) is 0 Å². The molecule has 2 N–H and O–H groups in total. The van der Waals surface area contributed by atoms with Crippen LogP contribution in [-0.4, -0.2) is 42.8 Å². The summed E-state index contributed by atoms with van der Waals surface area (Å²) < 4.78 is 6.03. The summed E-state index contributed by atoms with van der Waals surface area (Å²) in [7, 11) is 1.82. The second kappa shape index (κ2) is 7.91. The lowest BCUT2D eigenvalue weighted by atomic mass is 9.53. The van der Waals surface area contributed by atoms with Gasteiger partial charge in [0.25, 0.3) is 0 Å². The summed E-state index contributed by atoms with van der Waals surface area (Å²) in [5.41, 5.74) is -0.638. The van der Waals surface area contributed by atoms with Crippen molar-refractivity contribution in [2.24, 2.45) is 29.6 Å². The lowest BCUT2D eigenvalue weighted by Gasteiger charge is -2.58. The van der Waals surface area contributed by atoms with E-state index in [1.165, 1.54) is 32.1 Å². The van der Waals surface area contributed by atoms with Crippen LogP contribution < -0.4 is 5.32 Å². The Kier molecular flexibility index (Phi) is 5.88. The van der Waals surface area contributed by atoms with Gasteiger partial charge in [-0.2, -0.15) is 0 Å². The first kappa shape index (κ1) is 20.1. The zero-order valence-corrected chi connectivity index (χ0v) is 17.4. The standard InChI is InChI=1S/C22H39NO4/c1-21(2,24)14-23-13-15-4-6-20(7-5-15)26-27-22(25-3)18-9-16-8-17(11-18)12-19(22)10-16/h15-20,23-24H,4-14H2,1-3H3/t15-,16?,17?,18?,19?,20+,22?.